The topological polar surface area (TPSA) is 327 Å². The monoisotopic (exact) mass is 730 g/mol. The van der Waals surface area contributed by atoms with Crippen molar-refractivity contribution in [3.05, 3.63) is 0 Å². The summed E-state index contributed by atoms with van der Waals surface area (Å²) in [5.41, 5.74) is 6.79. The predicted octanol–water partition coefficient (Wildman–Crippen LogP) is -5.15. The molecule has 0 aliphatic carbocycles. The number of amides is 4. The molecule has 0 aliphatic heterocycles. The third-order valence-electron chi connectivity index (χ3n) is 6.66. The van der Waals surface area contributed by atoms with Crippen LogP contribution in [0.5, 0.6) is 0 Å². The molecule has 48 heavy (non-hydrogen) atoms. The predicted molar refractivity (Wildman–Crippen MR) is 169 cm³/mol. The summed E-state index contributed by atoms with van der Waals surface area (Å²) < 4.78 is 16.1. The summed E-state index contributed by atoms with van der Waals surface area (Å²) in [5.74, 6) is -12.8. The maximum Gasteiger partial charge on any atom is 0.326 e. The van der Waals surface area contributed by atoms with E-state index in [1.807, 2.05) is 0 Å². The highest BCUT2D eigenvalue weighted by atomic mass is 33.1. The van der Waals surface area contributed by atoms with Gasteiger partial charge in [-0.2, -0.15) is 0 Å². The fraction of sp³-hybridized carbons (Fsp3) is 0.714. The van der Waals surface area contributed by atoms with E-state index in [1.54, 1.807) is 0 Å². The first-order valence-corrected chi connectivity index (χ1v) is 17.3. The summed E-state index contributed by atoms with van der Waals surface area (Å²) in [7, 11) is 1.84. The van der Waals surface area contributed by atoms with Gasteiger partial charge in [0, 0.05) is 39.9 Å². The molecular formula is C28H48N6O12S2. The number of hydrogen-bond donors (Lipinski definition) is 8. The zero-order valence-corrected chi connectivity index (χ0v) is 29.0. The van der Waals surface area contributed by atoms with Crippen LogP contribution in [0, 0.1) is 11.8 Å². The summed E-state index contributed by atoms with van der Waals surface area (Å²) in [6.45, 7) is 5.03. The Balaban J connectivity index is 5.85. The summed E-state index contributed by atoms with van der Waals surface area (Å²) in [5, 5.41) is 50.2. The first-order valence-electron chi connectivity index (χ1n) is 15.9. The van der Waals surface area contributed by atoms with Crippen molar-refractivity contribution < 1.29 is 73.0 Å². The van der Waals surface area contributed by atoms with Crippen LogP contribution < -0.4 is 42.9 Å². The van der Waals surface area contributed by atoms with Gasteiger partial charge in [-0.15, -0.1) is 0 Å². The minimum absolute atomic E-state index is 0.00727. The molecular weight excluding hydrogens is 680 g/mol. The molecule has 0 heterocycles. The second kappa shape index (κ2) is 22.9. The Bertz CT molecular complexity index is 1140. The molecule has 0 aromatic carbocycles. The first kappa shape index (κ1) is 40.6. The van der Waals surface area contributed by atoms with Crippen molar-refractivity contribution in [1.82, 2.24) is 21.3 Å². The number of nitrogens with one attached hydrogen (secondary N) is 4. The number of hydrogen-bond acceptors (Lipinski definition) is 12. The minimum atomic E-state index is -1.67. The van der Waals surface area contributed by atoms with Crippen LogP contribution in [-0.4, -0.2) is 105 Å². The number of carbonyl (C=O) groups is 8. The average Bonchev–Trinajstić information content (AvgIpc) is 2.97. The van der Waals surface area contributed by atoms with Gasteiger partial charge in [0.2, 0.25) is 23.6 Å². The van der Waals surface area contributed by atoms with Gasteiger partial charge in [-0.05, 0) is 24.6 Å². The second-order valence-corrected chi connectivity index (χ2v) is 13.9. The van der Waals surface area contributed by atoms with E-state index in [9.17, 15) is 58.8 Å². The first-order chi connectivity index (χ1) is 22.9. The van der Waals surface area contributed by atoms with Crippen molar-refractivity contribution in [2.45, 2.75) is 102 Å². The molecule has 4 amide bonds. The lowest BCUT2D eigenvalue weighted by molar-refractivity contribution is -0.438. The molecule has 0 saturated heterocycles. The number of carboxylic acids is 4. The third-order valence-corrected chi connectivity index (χ3v) is 9.08. The zero-order chi connectivity index (χ0) is 39.0. The van der Waals surface area contributed by atoms with Gasteiger partial charge >= 0.3 is 11.9 Å². The van der Waals surface area contributed by atoms with Crippen molar-refractivity contribution in [3.8, 4) is 0 Å². The standard InChI is InChI=1S/C28H48N6O12S2/c1-13(2)21(27(43)44)33-23(37)17(31-19(35)9-5-7-15(29)25(39)40)11-47-48-12-18(24(38)34-22(14(3)4)28(45)46)32-20(36)10-6-8-16(30)26(41)42/h13-18,21-22H,5-12,29-30H2,1-4H3,(H,31,35)(H,32,36)(H,33,37)(H,34,38)(H,39,40)(H,41,42)(H,43,44)(H,45,46)/t15-,16-,17-,18-,21-,22-/m0/s1/i11+1,12+1,13D,14D,33+1,34+1. The van der Waals surface area contributed by atoms with Crippen molar-refractivity contribution in [2.75, 3.05) is 11.5 Å². The van der Waals surface area contributed by atoms with E-state index in [0.717, 1.165) is 21.6 Å². The molecule has 0 aromatic rings. The molecule has 0 fully saturated rings. The van der Waals surface area contributed by atoms with Gasteiger partial charge in [0.25, 0.3) is 0 Å². The van der Waals surface area contributed by atoms with Gasteiger partial charge in [-0.3, -0.25) is 19.2 Å². The smallest absolute Gasteiger partial charge is 0.326 e. The highest BCUT2D eigenvalue weighted by molar-refractivity contribution is 8.76. The third kappa shape index (κ3) is 18.1. The molecule has 0 unspecified atom stereocenters. The van der Waals surface area contributed by atoms with Crippen LogP contribution in [0.1, 0.15) is 69.0 Å². The van der Waals surface area contributed by atoms with Crippen molar-refractivity contribution in [2.24, 2.45) is 11.8 Å². The van der Waals surface area contributed by atoms with Crippen LogP contribution in [0.2, 0.25) is 0 Å². The molecule has 0 saturated carbocycles. The molecule has 0 bridgehead atoms. The van der Waals surface area contributed by atoms with E-state index >= 15 is 0 Å². The number of quaternary nitrogens is 2. The molecule has 0 rings (SSSR count). The molecule has 20 heteroatoms. The molecule has 0 spiro atoms. The lowest BCUT2D eigenvalue weighted by atomic mass is 10.1. The largest absolute Gasteiger partial charge is 0.544 e. The van der Waals surface area contributed by atoms with Crippen molar-refractivity contribution in [1.29, 1.82) is 0 Å². The molecule has 0 aliphatic rings. The van der Waals surface area contributed by atoms with Crippen molar-refractivity contribution >= 4 is 69.1 Å². The maximum atomic E-state index is 13.1. The fourth-order valence-electron chi connectivity index (χ4n) is 3.78. The van der Waals surface area contributed by atoms with E-state index in [4.69, 9.17) is 2.74 Å². The SMILES string of the molecule is [2H]C(C)(C)[C@H]([15NH]C(=O)[C@H]([13CH2]SS[13CH2][C@H](NC(=O)CCC[C@H]([NH3+])C(=O)[O-])C(=O)[15NH][C@H](C(=O)O)C([2H])(C)C)NC(=O)CCC[C@H]([NH3+])C(=O)[O-])C(=O)O. The van der Waals surface area contributed by atoms with Gasteiger partial charge in [-0.25, -0.2) is 9.59 Å². The molecule has 274 valence electrons. The fourth-order valence-corrected chi connectivity index (χ4v) is 6.10. The zero-order valence-electron chi connectivity index (χ0n) is 29.3. The van der Waals surface area contributed by atoms with Crippen molar-refractivity contribution in [3.63, 3.8) is 0 Å². The highest BCUT2D eigenvalue weighted by Crippen LogP contribution is 2.24. The Morgan fingerprint density at radius 2 is 0.958 bits per heavy atom. The quantitative estimate of drug-likeness (QED) is 0.0189. The van der Waals surface area contributed by atoms with Gasteiger partial charge in [0.1, 0.15) is 36.3 Å². The molecule has 6 atom stereocenters. The summed E-state index contributed by atoms with van der Waals surface area (Å²) in [6, 6.07) is -8.23. The van der Waals surface area contributed by atoms with Gasteiger partial charge in [-0.1, -0.05) is 49.3 Å². The van der Waals surface area contributed by atoms with Crippen LogP contribution in [-0.2, 0) is 38.4 Å². The number of carbonyl (C=O) groups excluding carboxylic acids is 6. The normalized spacial score (nSPS) is 16.0. The van der Waals surface area contributed by atoms with E-state index in [-0.39, 0.29) is 50.0 Å². The summed E-state index contributed by atoms with van der Waals surface area (Å²) in [4.78, 5) is 96.8. The molecule has 18 nitrogen and oxygen atoms in total. The number of rotatable bonds is 25. The minimum Gasteiger partial charge on any atom is -0.544 e. The Morgan fingerprint density at radius 3 is 1.21 bits per heavy atom. The Labute approximate surface area is 288 Å². The van der Waals surface area contributed by atoms with E-state index in [0.29, 0.717) is 0 Å². The van der Waals surface area contributed by atoms with Crippen LogP contribution in [0.15, 0.2) is 0 Å². The Hall–Kier alpha value is -3.62. The Kier molecular flexibility index (Phi) is 19.3. The number of aliphatic carboxylic acids is 4. The van der Waals surface area contributed by atoms with Gasteiger partial charge < -0.3 is 62.7 Å². The lowest BCUT2D eigenvalue weighted by Gasteiger charge is -2.24. The molecule has 12 N–H and O–H groups in total. The van der Waals surface area contributed by atoms with Crippen LogP contribution in [0.25, 0.3) is 0 Å². The van der Waals surface area contributed by atoms with Gasteiger partial charge in [0.05, 0.1) is 11.9 Å². The van der Waals surface area contributed by atoms with Gasteiger partial charge in [0.15, 0.2) is 0 Å². The van der Waals surface area contributed by atoms with Crippen LogP contribution >= 0.6 is 21.6 Å². The lowest BCUT2D eigenvalue weighted by Crippen LogP contribution is -2.68. The summed E-state index contributed by atoms with van der Waals surface area (Å²) in [6.07, 6.45) is -0.256. The molecule has 0 radical (unpaired) electrons. The Morgan fingerprint density at radius 1 is 0.646 bits per heavy atom. The molecule has 0 aromatic heterocycles. The van der Waals surface area contributed by atoms with E-state index < -0.39 is 95.5 Å². The highest BCUT2D eigenvalue weighted by Gasteiger charge is 2.31. The average molecular weight is 731 g/mol. The summed E-state index contributed by atoms with van der Waals surface area (Å²) >= 11 is 0. The van der Waals surface area contributed by atoms with Crippen LogP contribution in [0.3, 0.4) is 0 Å². The van der Waals surface area contributed by atoms with E-state index in [2.05, 4.69) is 32.7 Å². The maximum absolute atomic E-state index is 13.1. The second-order valence-electron chi connectivity index (χ2n) is 11.3. The van der Waals surface area contributed by atoms with Crippen LogP contribution in [0.4, 0.5) is 0 Å². The van der Waals surface area contributed by atoms with E-state index in [1.165, 1.54) is 27.7 Å². The number of carboxylic acid groups (broad SMARTS) is 4.